The molecule has 2 atom stereocenters. The van der Waals surface area contributed by atoms with E-state index in [1.54, 1.807) is 7.11 Å². The SMILES string of the molecule is COc1cccc2c1O[C@@H](c1ccc(C(F)(F)F)cc1)N1N=C(c3ccccc3)C[C@@H]21. The third-order valence-electron chi connectivity index (χ3n) is 5.63. The smallest absolute Gasteiger partial charge is 0.416 e. The van der Waals surface area contributed by atoms with Crippen LogP contribution in [0.5, 0.6) is 11.5 Å². The topological polar surface area (TPSA) is 34.1 Å². The van der Waals surface area contributed by atoms with Crippen LogP contribution in [0.2, 0.25) is 0 Å². The van der Waals surface area contributed by atoms with Crippen LogP contribution in [0.15, 0.2) is 77.9 Å². The van der Waals surface area contributed by atoms with Gasteiger partial charge in [0.25, 0.3) is 0 Å². The van der Waals surface area contributed by atoms with Crippen molar-refractivity contribution in [2.24, 2.45) is 5.10 Å². The van der Waals surface area contributed by atoms with Crippen LogP contribution < -0.4 is 9.47 Å². The lowest BCUT2D eigenvalue weighted by atomic mass is 9.95. The molecule has 5 rings (SSSR count). The number of nitrogens with zero attached hydrogens (tertiary/aromatic N) is 2. The summed E-state index contributed by atoms with van der Waals surface area (Å²) in [4.78, 5) is 0. The molecule has 0 spiro atoms. The van der Waals surface area contributed by atoms with E-state index in [2.05, 4.69) is 0 Å². The van der Waals surface area contributed by atoms with E-state index in [-0.39, 0.29) is 6.04 Å². The maximum atomic E-state index is 13.0. The fourth-order valence-corrected chi connectivity index (χ4v) is 4.11. The molecule has 0 aromatic heterocycles. The number of fused-ring (bicyclic) bond motifs is 3. The Kier molecular flexibility index (Phi) is 4.61. The molecular weight excluding hydrogens is 405 g/mol. The molecular formula is C24H19F3N2O2. The van der Waals surface area contributed by atoms with Crippen LogP contribution in [0.1, 0.15) is 40.9 Å². The van der Waals surface area contributed by atoms with Crippen LogP contribution in [0.3, 0.4) is 0 Å². The number of methoxy groups -OCH3 is 1. The highest BCUT2D eigenvalue weighted by atomic mass is 19.4. The van der Waals surface area contributed by atoms with Gasteiger partial charge in [-0.05, 0) is 23.8 Å². The molecule has 0 amide bonds. The second-order valence-corrected chi connectivity index (χ2v) is 7.48. The van der Waals surface area contributed by atoms with Crippen molar-refractivity contribution < 1.29 is 22.6 Å². The van der Waals surface area contributed by atoms with Gasteiger partial charge in [0.2, 0.25) is 6.23 Å². The van der Waals surface area contributed by atoms with E-state index in [1.807, 2.05) is 53.5 Å². The van der Waals surface area contributed by atoms with Crippen LogP contribution in [0.25, 0.3) is 0 Å². The molecule has 0 aliphatic carbocycles. The van der Waals surface area contributed by atoms with Crippen molar-refractivity contribution in [3.05, 3.63) is 95.1 Å². The average molecular weight is 424 g/mol. The standard InChI is InChI=1S/C24H19F3N2O2/c1-30-21-9-5-8-18-20-14-19(15-6-3-2-4-7-15)28-29(20)23(31-22(18)21)16-10-12-17(13-11-16)24(25,26)27/h2-13,20,23H,14H2,1H3/t20-,23-/m0/s1. The Labute approximate surface area is 177 Å². The summed E-state index contributed by atoms with van der Waals surface area (Å²) < 4.78 is 50.9. The van der Waals surface area contributed by atoms with Crippen LogP contribution in [0.4, 0.5) is 13.2 Å². The van der Waals surface area contributed by atoms with E-state index in [4.69, 9.17) is 14.6 Å². The minimum absolute atomic E-state index is 0.110. The van der Waals surface area contributed by atoms with E-state index in [0.29, 0.717) is 23.5 Å². The number of alkyl halides is 3. The van der Waals surface area contributed by atoms with Crippen molar-refractivity contribution in [1.82, 2.24) is 5.01 Å². The molecule has 0 fully saturated rings. The van der Waals surface area contributed by atoms with E-state index in [0.717, 1.165) is 29.0 Å². The molecule has 2 heterocycles. The maximum absolute atomic E-state index is 13.0. The molecule has 2 aliphatic heterocycles. The second kappa shape index (κ2) is 7.34. The van der Waals surface area contributed by atoms with Gasteiger partial charge in [0.05, 0.1) is 24.4 Å². The first-order chi connectivity index (χ1) is 15.0. The fraction of sp³-hybridized carbons (Fsp3) is 0.208. The van der Waals surface area contributed by atoms with Crippen molar-refractivity contribution in [3.8, 4) is 11.5 Å². The normalized spacial score (nSPS) is 19.9. The highest BCUT2D eigenvalue weighted by Crippen LogP contribution is 2.50. The number of ether oxygens (including phenoxy) is 2. The van der Waals surface area contributed by atoms with Crippen LogP contribution in [-0.2, 0) is 6.18 Å². The molecule has 0 saturated heterocycles. The Morgan fingerprint density at radius 1 is 0.968 bits per heavy atom. The number of rotatable bonds is 3. The first-order valence-electron chi connectivity index (χ1n) is 9.87. The molecule has 0 radical (unpaired) electrons. The highest BCUT2D eigenvalue weighted by molar-refractivity contribution is 6.01. The summed E-state index contributed by atoms with van der Waals surface area (Å²) in [5.74, 6) is 1.18. The average Bonchev–Trinajstić information content (AvgIpc) is 3.24. The van der Waals surface area contributed by atoms with Gasteiger partial charge in [0.15, 0.2) is 11.5 Å². The van der Waals surface area contributed by atoms with Gasteiger partial charge in [-0.2, -0.15) is 18.3 Å². The number of hydrogen-bond acceptors (Lipinski definition) is 4. The molecule has 3 aromatic carbocycles. The van der Waals surface area contributed by atoms with Gasteiger partial charge in [-0.3, -0.25) is 0 Å². The van der Waals surface area contributed by atoms with Crippen LogP contribution in [-0.4, -0.2) is 17.8 Å². The maximum Gasteiger partial charge on any atom is 0.416 e. The first kappa shape index (κ1) is 19.5. The third kappa shape index (κ3) is 3.40. The van der Waals surface area contributed by atoms with E-state index in [1.165, 1.54) is 12.1 Å². The fourth-order valence-electron chi connectivity index (χ4n) is 4.11. The lowest BCUT2D eigenvalue weighted by molar-refractivity contribution is -0.137. The summed E-state index contributed by atoms with van der Waals surface area (Å²) in [6, 6.07) is 20.5. The van der Waals surface area contributed by atoms with E-state index >= 15 is 0 Å². The Bertz CT molecular complexity index is 1130. The monoisotopic (exact) mass is 424 g/mol. The number of benzene rings is 3. The zero-order valence-electron chi connectivity index (χ0n) is 16.6. The van der Waals surface area contributed by atoms with Gasteiger partial charge in [-0.25, -0.2) is 5.01 Å². The first-order valence-corrected chi connectivity index (χ1v) is 9.87. The van der Waals surface area contributed by atoms with Crippen molar-refractivity contribution in [2.45, 2.75) is 24.9 Å². The summed E-state index contributed by atoms with van der Waals surface area (Å²) >= 11 is 0. The molecule has 4 nitrogen and oxygen atoms in total. The van der Waals surface area contributed by atoms with Gasteiger partial charge in [-0.1, -0.05) is 54.6 Å². The number of para-hydroxylation sites is 1. The quantitative estimate of drug-likeness (QED) is 0.521. The molecule has 158 valence electrons. The number of hydrazone groups is 1. The molecule has 0 saturated carbocycles. The molecule has 31 heavy (non-hydrogen) atoms. The lowest BCUT2D eigenvalue weighted by Gasteiger charge is -2.38. The van der Waals surface area contributed by atoms with Gasteiger partial charge >= 0.3 is 6.18 Å². The van der Waals surface area contributed by atoms with Crippen molar-refractivity contribution in [1.29, 1.82) is 0 Å². The van der Waals surface area contributed by atoms with Crippen LogP contribution >= 0.6 is 0 Å². The van der Waals surface area contributed by atoms with Crippen LogP contribution in [0, 0.1) is 0 Å². The summed E-state index contributed by atoms with van der Waals surface area (Å²) in [6.07, 6.45) is -4.40. The van der Waals surface area contributed by atoms with Crippen molar-refractivity contribution >= 4 is 5.71 Å². The predicted molar refractivity (Wildman–Crippen MR) is 110 cm³/mol. The molecule has 3 aromatic rings. The molecule has 2 aliphatic rings. The van der Waals surface area contributed by atoms with Gasteiger partial charge in [0.1, 0.15) is 0 Å². The number of halogens is 3. The lowest BCUT2D eigenvalue weighted by Crippen LogP contribution is -2.34. The van der Waals surface area contributed by atoms with Gasteiger partial charge in [0, 0.05) is 17.5 Å². The summed E-state index contributed by atoms with van der Waals surface area (Å²) in [7, 11) is 1.57. The Morgan fingerprint density at radius 2 is 1.71 bits per heavy atom. The summed E-state index contributed by atoms with van der Waals surface area (Å²) in [6.45, 7) is 0. The van der Waals surface area contributed by atoms with Crippen molar-refractivity contribution in [2.75, 3.05) is 7.11 Å². The number of hydrogen-bond donors (Lipinski definition) is 0. The molecule has 0 N–H and O–H groups in total. The molecule has 0 bridgehead atoms. The second-order valence-electron chi connectivity index (χ2n) is 7.48. The molecule has 7 heteroatoms. The highest BCUT2D eigenvalue weighted by Gasteiger charge is 2.42. The third-order valence-corrected chi connectivity index (χ3v) is 5.63. The van der Waals surface area contributed by atoms with Gasteiger partial charge < -0.3 is 9.47 Å². The Hall–Kier alpha value is -3.48. The Balaban J connectivity index is 1.59. The summed E-state index contributed by atoms with van der Waals surface area (Å²) in [5, 5.41) is 6.67. The zero-order valence-corrected chi connectivity index (χ0v) is 16.6. The largest absolute Gasteiger partial charge is 0.493 e. The van der Waals surface area contributed by atoms with Crippen molar-refractivity contribution in [3.63, 3.8) is 0 Å². The van der Waals surface area contributed by atoms with Gasteiger partial charge in [-0.15, -0.1) is 0 Å². The minimum atomic E-state index is -4.39. The van der Waals surface area contributed by atoms with E-state index in [9.17, 15) is 13.2 Å². The Morgan fingerprint density at radius 3 is 2.39 bits per heavy atom. The predicted octanol–water partition coefficient (Wildman–Crippen LogP) is 5.96. The minimum Gasteiger partial charge on any atom is -0.493 e. The summed E-state index contributed by atoms with van der Waals surface area (Å²) in [5.41, 5.74) is 2.75. The van der Waals surface area contributed by atoms with E-state index < -0.39 is 18.0 Å². The zero-order chi connectivity index (χ0) is 21.6. The molecule has 0 unspecified atom stereocenters.